The lowest BCUT2D eigenvalue weighted by atomic mass is 10.3. The molecule has 4 amide bonds. The molecule has 0 unspecified atom stereocenters. The van der Waals surface area contributed by atoms with Crippen LogP contribution in [0.25, 0.3) is 0 Å². The van der Waals surface area contributed by atoms with Crippen molar-refractivity contribution in [1.82, 2.24) is 10.6 Å². The molecule has 0 saturated carbocycles. The normalized spacial score (nSPS) is 10.0. The van der Waals surface area contributed by atoms with E-state index in [0.29, 0.717) is 18.5 Å². The van der Waals surface area contributed by atoms with Crippen molar-refractivity contribution in [3.05, 3.63) is 12.2 Å². The maximum absolute atomic E-state index is 11.0. The molecule has 6 nitrogen and oxygen atoms in total. The third-order valence-electron chi connectivity index (χ3n) is 1.52. The van der Waals surface area contributed by atoms with E-state index in [2.05, 4.69) is 16.9 Å². The topological polar surface area (TPSA) is 87.6 Å². The molecule has 17 heavy (non-hydrogen) atoms. The Morgan fingerprint density at radius 2 is 2.06 bits per heavy atom. The Labute approximate surface area is 104 Å². The van der Waals surface area contributed by atoms with Gasteiger partial charge in [-0.15, -0.1) is 11.6 Å². The summed E-state index contributed by atoms with van der Waals surface area (Å²) in [6, 6.07) is -0.776. The summed E-state index contributed by atoms with van der Waals surface area (Å²) in [5.74, 6) is -1.15. The number of hydrogen-bond donors (Lipinski definition) is 2. The molecule has 0 radical (unpaired) electrons. The zero-order valence-electron chi connectivity index (χ0n) is 9.46. The van der Waals surface area contributed by atoms with Gasteiger partial charge in [0.05, 0.1) is 0 Å². The molecule has 0 heterocycles. The summed E-state index contributed by atoms with van der Waals surface area (Å²) in [5, 5.41) is 4.50. The summed E-state index contributed by atoms with van der Waals surface area (Å²) in [7, 11) is 0. The number of imide groups is 1. The Balaban J connectivity index is 3.74. The van der Waals surface area contributed by atoms with Gasteiger partial charge in [0.2, 0.25) is 11.8 Å². The molecule has 0 fully saturated rings. The molecular weight excluding hydrogens is 246 g/mol. The van der Waals surface area contributed by atoms with E-state index in [1.54, 1.807) is 6.92 Å². The maximum atomic E-state index is 11.0. The SMILES string of the molecule is C=C(C)C(=O)NCC/C=N\C(=O)NC(=O)CCl. The van der Waals surface area contributed by atoms with Crippen LogP contribution < -0.4 is 10.6 Å². The van der Waals surface area contributed by atoms with Gasteiger partial charge in [0.1, 0.15) is 5.88 Å². The standard InChI is InChI=1S/C10H14ClN3O3/c1-7(2)9(16)12-4-3-5-13-10(17)14-8(15)6-11/h5H,1,3-4,6H2,2H3,(H,12,16)(H,14,15,17)/b13-5-. The fourth-order valence-corrected chi connectivity index (χ4v) is 0.800. The van der Waals surface area contributed by atoms with Crippen molar-refractivity contribution in [3.8, 4) is 0 Å². The highest BCUT2D eigenvalue weighted by Crippen LogP contribution is 1.85. The minimum absolute atomic E-state index is 0.250. The second-order valence-corrected chi connectivity index (χ2v) is 3.39. The van der Waals surface area contributed by atoms with Crippen LogP contribution in [0.1, 0.15) is 13.3 Å². The van der Waals surface area contributed by atoms with E-state index in [-0.39, 0.29) is 11.8 Å². The second-order valence-electron chi connectivity index (χ2n) is 3.12. The van der Waals surface area contributed by atoms with Crippen LogP contribution in [0.3, 0.4) is 0 Å². The number of nitrogens with one attached hydrogen (secondary N) is 2. The van der Waals surface area contributed by atoms with E-state index < -0.39 is 11.9 Å². The van der Waals surface area contributed by atoms with Gasteiger partial charge in [-0.2, -0.15) is 0 Å². The van der Waals surface area contributed by atoms with Crippen LogP contribution in [0.5, 0.6) is 0 Å². The minimum atomic E-state index is -0.776. The van der Waals surface area contributed by atoms with Crippen molar-refractivity contribution in [2.45, 2.75) is 13.3 Å². The molecule has 7 heteroatoms. The number of carbonyl (C=O) groups is 3. The highest BCUT2D eigenvalue weighted by molar-refractivity contribution is 6.28. The molecular formula is C10H14ClN3O3. The number of alkyl halides is 1. The van der Waals surface area contributed by atoms with Gasteiger partial charge in [-0.3, -0.25) is 14.9 Å². The number of rotatable bonds is 5. The average molecular weight is 260 g/mol. The fraction of sp³-hybridized carbons (Fsp3) is 0.400. The van der Waals surface area contributed by atoms with E-state index in [1.807, 2.05) is 5.32 Å². The van der Waals surface area contributed by atoms with Crippen molar-refractivity contribution in [1.29, 1.82) is 0 Å². The lowest BCUT2D eigenvalue weighted by molar-refractivity contribution is -0.118. The molecule has 0 aliphatic carbocycles. The first kappa shape index (κ1) is 15.3. The highest BCUT2D eigenvalue weighted by Gasteiger charge is 2.03. The van der Waals surface area contributed by atoms with Gasteiger partial charge in [-0.25, -0.2) is 9.79 Å². The number of nitrogens with zero attached hydrogens (tertiary/aromatic N) is 1. The molecule has 0 bridgehead atoms. The summed E-state index contributed by atoms with van der Waals surface area (Å²) in [6.45, 7) is 5.40. The van der Waals surface area contributed by atoms with Gasteiger partial charge < -0.3 is 5.32 Å². The molecule has 0 aromatic rings. The third kappa shape index (κ3) is 8.15. The van der Waals surface area contributed by atoms with Crippen LogP contribution >= 0.6 is 11.6 Å². The number of hydrogen-bond acceptors (Lipinski definition) is 3. The Bertz CT molecular complexity index is 353. The molecule has 0 aromatic heterocycles. The lowest BCUT2D eigenvalue weighted by Crippen LogP contribution is -2.29. The first-order chi connectivity index (χ1) is 7.97. The van der Waals surface area contributed by atoms with Crippen molar-refractivity contribution < 1.29 is 14.4 Å². The van der Waals surface area contributed by atoms with Crippen LogP contribution in [-0.4, -0.2) is 36.5 Å². The molecule has 0 aromatic carbocycles. The van der Waals surface area contributed by atoms with Gasteiger partial charge in [-0.05, 0) is 6.92 Å². The smallest absolute Gasteiger partial charge is 0.347 e. The first-order valence-electron chi connectivity index (χ1n) is 4.83. The Morgan fingerprint density at radius 3 is 2.59 bits per heavy atom. The van der Waals surface area contributed by atoms with Crippen molar-refractivity contribution in [2.24, 2.45) is 4.99 Å². The van der Waals surface area contributed by atoms with Crippen molar-refractivity contribution in [2.75, 3.05) is 12.4 Å². The van der Waals surface area contributed by atoms with E-state index in [9.17, 15) is 14.4 Å². The van der Waals surface area contributed by atoms with Gasteiger partial charge in [-0.1, -0.05) is 6.58 Å². The molecule has 0 atom stereocenters. The quantitative estimate of drug-likeness (QED) is 0.328. The second kappa shape index (κ2) is 8.46. The molecule has 2 N–H and O–H groups in total. The van der Waals surface area contributed by atoms with Crippen LogP contribution in [0, 0.1) is 0 Å². The third-order valence-corrected chi connectivity index (χ3v) is 1.77. The zero-order chi connectivity index (χ0) is 13.3. The molecule has 0 saturated heterocycles. The fourth-order valence-electron chi connectivity index (χ4n) is 0.734. The highest BCUT2D eigenvalue weighted by atomic mass is 35.5. The van der Waals surface area contributed by atoms with Crippen molar-refractivity contribution in [3.63, 3.8) is 0 Å². The zero-order valence-corrected chi connectivity index (χ0v) is 10.2. The minimum Gasteiger partial charge on any atom is -0.352 e. The van der Waals surface area contributed by atoms with E-state index in [4.69, 9.17) is 11.6 Å². The van der Waals surface area contributed by atoms with Crippen LogP contribution in [0.2, 0.25) is 0 Å². The predicted octanol–water partition coefficient (Wildman–Crippen LogP) is 0.615. The van der Waals surface area contributed by atoms with Crippen molar-refractivity contribution >= 4 is 35.7 Å². The molecule has 0 spiro atoms. The Hall–Kier alpha value is -1.69. The van der Waals surface area contributed by atoms with Crippen LogP contribution in [-0.2, 0) is 9.59 Å². The molecule has 0 aliphatic heterocycles. The van der Waals surface area contributed by atoms with Gasteiger partial charge in [0.15, 0.2) is 0 Å². The predicted molar refractivity (Wildman–Crippen MR) is 65.2 cm³/mol. The average Bonchev–Trinajstić information content (AvgIpc) is 2.27. The summed E-state index contributed by atoms with van der Waals surface area (Å²) < 4.78 is 0. The molecule has 94 valence electrons. The summed E-state index contributed by atoms with van der Waals surface area (Å²) in [4.78, 5) is 36.1. The van der Waals surface area contributed by atoms with E-state index in [1.165, 1.54) is 6.21 Å². The molecule has 0 aliphatic rings. The number of urea groups is 1. The monoisotopic (exact) mass is 259 g/mol. The Morgan fingerprint density at radius 1 is 1.41 bits per heavy atom. The van der Waals surface area contributed by atoms with Gasteiger partial charge in [0.25, 0.3) is 0 Å². The summed E-state index contributed by atoms with van der Waals surface area (Å²) in [6.07, 6.45) is 1.68. The number of amides is 4. The number of aliphatic imine (C=N–C) groups is 1. The van der Waals surface area contributed by atoms with E-state index in [0.717, 1.165) is 0 Å². The van der Waals surface area contributed by atoms with Crippen LogP contribution in [0.4, 0.5) is 4.79 Å². The van der Waals surface area contributed by atoms with E-state index >= 15 is 0 Å². The molecule has 0 rings (SSSR count). The summed E-state index contributed by atoms with van der Waals surface area (Å²) >= 11 is 5.17. The summed E-state index contributed by atoms with van der Waals surface area (Å²) in [5.41, 5.74) is 0.410. The number of carbonyl (C=O) groups excluding carboxylic acids is 3. The van der Waals surface area contributed by atoms with Gasteiger partial charge >= 0.3 is 6.03 Å². The lowest BCUT2D eigenvalue weighted by Gasteiger charge is -2.00. The largest absolute Gasteiger partial charge is 0.352 e. The van der Waals surface area contributed by atoms with Gasteiger partial charge in [0, 0.05) is 24.8 Å². The number of halogens is 1. The first-order valence-corrected chi connectivity index (χ1v) is 5.36. The van der Waals surface area contributed by atoms with Crippen LogP contribution in [0.15, 0.2) is 17.1 Å². The maximum Gasteiger partial charge on any atom is 0.347 e. The Kier molecular flexibility index (Phi) is 7.62.